The fourth-order valence-electron chi connectivity index (χ4n) is 1.57. The van der Waals surface area contributed by atoms with Crippen LogP contribution in [0.15, 0.2) is 30.3 Å². The highest BCUT2D eigenvalue weighted by atomic mass is 16.4. The number of urea groups is 1. The Labute approximate surface area is 112 Å². The number of carboxylic acid groups (broad SMARTS) is 1. The van der Waals surface area contributed by atoms with Gasteiger partial charge >= 0.3 is 12.0 Å². The lowest BCUT2D eigenvalue weighted by molar-refractivity contribution is -0.139. The predicted octanol–water partition coefficient (Wildman–Crippen LogP) is 0.678. The average Bonchev–Trinajstić information content (AvgIpc) is 2.42. The van der Waals surface area contributed by atoms with E-state index in [-0.39, 0.29) is 0 Å². The van der Waals surface area contributed by atoms with Gasteiger partial charge in [0.15, 0.2) is 0 Å². The minimum absolute atomic E-state index is 0.324. The molecule has 0 heterocycles. The third-order valence-electron chi connectivity index (χ3n) is 2.60. The highest BCUT2D eigenvalue weighted by Crippen LogP contribution is 1.98. The maximum atomic E-state index is 11.6. The largest absolute Gasteiger partial charge is 0.480 e. The summed E-state index contributed by atoms with van der Waals surface area (Å²) in [6, 6.07) is 7.99. The molecule has 6 nitrogen and oxygen atoms in total. The summed E-state index contributed by atoms with van der Waals surface area (Å²) in [6.07, 6.45) is 0.876. The molecule has 1 rings (SSSR count). The molecule has 0 aliphatic rings. The number of benzene rings is 1. The van der Waals surface area contributed by atoms with Crippen LogP contribution >= 0.6 is 0 Å². The van der Waals surface area contributed by atoms with E-state index in [2.05, 4.69) is 10.6 Å². The molecule has 0 bridgehead atoms. The summed E-state index contributed by atoms with van der Waals surface area (Å²) >= 11 is 0. The monoisotopic (exact) mass is 265 g/mol. The van der Waals surface area contributed by atoms with Crippen molar-refractivity contribution in [2.75, 3.05) is 6.54 Å². The van der Waals surface area contributed by atoms with Crippen LogP contribution in [-0.4, -0.2) is 29.7 Å². The molecule has 1 aromatic rings. The van der Waals surface area contributed by atoms with Gasteiger partial charge in [-0.1, -0.05) is 30.3 Å². The van der Waals surface area contributed by atoms with Crippen molar-refractivity contribution in [2.24, 2.45) is 5.73 Å². The number of carbonyl (C=O) groups is 2. The molecule has 0 saturated heterocycles. The Kier molecular flexibility index (Phi) is 6.38. The second-order valence-corrected chi connectivity index (χ2v) is 4.13. The molecule has 5 N–H and O–H groups in total. The molecule has 1 unspecified atom stereocenters. The summed E-state index contributed by atoms with van der Waals surface area (Å²) in [6.45, 7) is 0.757. The number of nitrogens with two attached hydrogens (primary N) is 1. The Morgan fingerprint density at radius 2 is 1.95 bits per heavy atom. The van der Waals surface area contributed by atoms with Crippen molar-refractivity contribution in [1.29, 1.82) is 0 Å². The number of hydrogen-bond acceptors (Lipinski definition) is 3. The molecule has 0 spiro atoms. The van der Waals surface area contributed by atoms with Crippen LogP contribution in [0.25, 0.3) is 0 Å². The van der Waals surface area contributed by atoms with E-state index in [0.29, 0.717) is 25.9 Å². The van der Waals surface area contributed by atoms with Crippen LogP contribution < -0.4 is 16.4 Å². The molecule has 2 amide bonds. The standard InChI is InChI=1S/C13H19N3O3/c14-8-4-7-11(12(17)18)16-13(19)15-9-10-5-2-1-3-6-10/h1-3,5-6,11H,4,7-9,14H2,(H,17,18)(H2,15,16,19). The summed E-state index contributed by atoms with van der Waals surface area (Å²) in [7, 11) is 0. The first-order valence-corrected chi connectivity index (χ1v) is 6.14. The van der Waals surface area contributed by atoms with E-state index in [0.717, 1.165) is 5.56 Å². The molecule has 0 saturated carbocycles. The maximum Gasteiger partial charge on any atom is 0.326 e. The molecule has 104 valence electrons. The molecule has 0 aromatic heterocycles. The Bertz CT molecular complexity index is 409. The maximum absolute atomic E-state index is 11.6. The first-order chi connectivity index (χ1) is 9.13. The SMILES string of the molecule is NCCCC(NC(=O)NCc1ccccc1)C(=O)O. The molecule has 1 atom stereocenters. The molecule has 0 aliphatic heterocycles. The lowest BCUT2D eigenvalue weighted by atomic mass is 10.1. The van der Waals surface area contributed by atoms with E-state index in [1.54, 1.807) is 0 Å². The van der Waals surface area contributed by atoms with Crippen LogP contribution in [0.1, 0.15) is 18.4 Å². The second kappa shape index (κ2) is 8.10. The topological polar surface area (TPSA) is 104 Å². The Morgan fingerprint density at radius 1 is 1.26 bits per heavy atom. The van der Waals surface area contributed by atoms with Crippen molar-refractivity contribution in [3.05, 3.63) is 35.9 Å². The number of rotatable bonds is 7. The molecular formula is C13H19N3O3. The van der Waals surface area contributed by atoms with Gasteiger partial charge in [-0.25, -0.2) is 9.59 Å². The van der Waals surface area contributed by atoms with Crippen molar-refractivity contribution in [1.82, 2.24) is 10.6 Å². The summed E-state index contributed by atoms with van der Waals surface area (Å²) in [5.74, 6) is -1.05. The van der Waals surface area contributed by atoms with Crippen molar-refractivity contribution < 1.29 is 14.7 Å². The minimum Gasteiger partial charge on any atom is -0.480 e. The van der Waals surface area contributed by atoms with E-state index in [1.807, 2.05) is 30.3 Å². The molecular weight excluding hydrogens is 246 g/mol. The fourth-order valence-corrected chi connectivity index (χ4v) is 1.57. The number of nitrogens with one attached hydrogen (secondary N) is 2. The zero-order valence-corrected chi connectivity index (χ0v) is 10.6. The van der Waals surface area contributed by atoms with Crippen molar-refractivity contribution in [2.45, 2.75) is 25.4 Å². The second-order valence-electron chi connectivity index (χ2n) is 4.13. The van der Waals surface area contributed by atoms with Gasteiger partial charge in [0.25, 0.3) is 0 Å². The van der Waals surface area contributed by atoms with Gasteiger partial charge in [-0.2, -0.15) is 0 Å². The van der Waals surface area contributed by atoms with Crippen LogP contribution in [0.4, 0.5) is 4.79 Å². The first kappa shape index (κ1) is 15.0. The highest BCUT2D eigenvalue weighted by molar-refractivity contribution is 5.82. The smallest absolute Gasteiger partial charge is 0.326 e. The predicted molar refractivity (Wildman–Crippen MR) is 71.5 cm³/mol. The Morgan fingerprint density at radius 3 is 2.53 bits per heavy atom. The molecule has 0 radical (unpaired) electrons. The van der Waals surface area contributed by atoms with Crippen molar-refractivity contribution in [3.8, 4) is 0 Å². The van der Waals surface area contributed by atoms with E-state index >= 15 is 0 Å². The normalized spacial score (nSPS) is 11.6. The third kappa shape index (κ3) is 5.87. The number of carboxylic acids is 1. The fraction of sp³-hybridized carbons (Fsp3) is 0.385. The number of aliphatic carboxylic acids is 1. The zero-order valence-electron chi connectivity index (χ0n) is 10.6. The molecule has 19 heavy (non-hydrogen) atoms. The van der Waals surface area contributed by atoms with Gasteiger partial charge in [0.05, 0.1) is 0 Å². The van der Waals surface area contributed by atoms with Gasteiger partial charge in [0.2, 0.25) is 0 Å². The average molecular weight is 265 g/mol. The van der Waals surface area contributed by atoms with Crippen LogP contribution in [0.2, 0.25) is 0 Å². The van der Waals surface area contributed by atoms with E-state index in [1.165, 1.54) is 0 Å². The lowest BCUT2D eigenvalue weighted by Gasteiger charge is -2.14. The quantitative estimate of drug-likeness (QED) is 0.581. The Balaban J connectivity index is 2.38. The number of amides is 2. The first-order valence-electron chi connectivity index (χ1n) is 6.14. The van der Waals surface area contributed by atoms with Gasteiger partial charge in [-0.3, -0.25) is 0 Å². The zero-order chi connectivity index (χ0) is 14.1. The third-order valence-corrected chi connectivity index (χ3v) is 2.60. The van der Waals surface area contributed by atoms with E-state index in [4.69, 9.17) is 10.8 Å². The molecule has 6 heteroatoms. The lowest BCUT2D eigenvalue weighted by Crippen LogP contribution is -2.45. The number of carbonyl (C=O) groups excluding carboxylic acids is 1. The Hall–Kier alpha value is -2.08. The van der Waals surface area contributed by atoms with Crippen LogP contribution in [-0.2, 0) is 11.3 Å². The molecule has 0 aliphatic carbocycles. The summed E-state index contributed by atoms with van der Waals surface area (Å²) in [5.41, 5.74) is 6.27. The van der Waals surface area contributed by atoms with Gasteiger partial charge in [-0.05, 0) is 24.9 Å². The van der Waals surface area contributed by atoms with Gasteiger partial charge in [0.1, 0.15) is 6.04 Å². The molecule has 0 fully saturated rings. The van der Waals surface area contributed by atoms with Crippen LogP contribution in [0, 0.1) is 0 Å². The van der Waals surface area contributed by atoms with Gasteiger partial charge < -0.3 is 21.5 Å². The van der Waals surface area contributed by atoms with Crippen LogP contribution in [0.5, 0.6) is 0 Å². The number of hydrogen-bond donors (Lipinski definition) is 4. The van der Waals surface area contributed by atoms with E-state index < -0.39 is 18.0 Å². The van der Waals surface area contributed by atoms with Crippen LogP contribution in [0.3, 0.4) is 0 Å². The van der Waals surface area contributed by atoms with Gasteiger partial charge in [-0.15, -0.1) is 0 Å². The highest BCUT2D eigenvalue weighted by Gasteiger charge is 2.18. The minimum atomic E-state index is -1.05. The molecule has 1 aromatic carbocycles. The summed E-state index contributed by atoms with van der Waals surface area (Å²) in [4.78, 5) is 22.5. The van der Waals surface area contributed by atoms with Crippen molar-refractivity contribution in [3.63, 3.8) is 0 Å². The van der Waals surface area contributed by atoms with E-state index in [9.17, 15) is 9.59 Å². The van der Waals surface area contributed by atoms with Gasteiger partial charge in [0, 0.05) is 6.54 Å². The van der Waals surface area contributed by atoms with Crippen molar-refractivity contribution >= 4 is 12.0 Å². The summed E-state index contributed by atoms with van der Waals surface area (Å²) in [5, 5.41) is 14.0. The summed E-state index contributed by atoms with van der Waals surface area (Å²) < 4.78 is 0.